The van der Waals surface area contributed by atoms with Crippen molar-refractivity contribution in [2.75, 3.05) is 24.7 Å². The van der Waals surface area contributed by atoms with Gasteiger partial charge in [-0.05, 0) is 68.0 Å². The smallest absolute Gasteiger partial charge is 0.241 e. The molecule has 9 nitrogen and oxygen atoms in total. The Bertz CT molecular complexity index is 1740. The SMILES string of the molecule is CC12C(=O)N(c3ccccc3)C(=O)C1CC1C(=CCC3C(=O)N(CCc4ccc(O)cc4)C(=O)C31)C2c1ccccc1OCCO. The first-order chi connectivity index (χ1) is 22.3. The normalized spacial score (nSPS) is 28.6. The molecule has 2 N–H and O–H groups in total. The number of hydrogen-bond acceptors (Lipinski definition) is 7. The van der Waals surface area contributed by atoms with Crippen molar-refractivity contribution in [3.8, 4) is 11.5 Å². The average Bonchev–Trinajstić information content (AvgIpc) is 3.43. The summed E-state index contributed by atoms with van der Waals surface area (Å²) in [7, 11) is 0. The number of fused-ring (bicyclic) bond motifs is 4. The van der Waals surface area contributed by atoms with E-state index in [1.807, 2.05) is 37.3 Å². The molecule has 9 heteroatoms. The van der Waals surface area contributed by atoms with Crippen LogP contribution in [-0.4, -0.2) is 58.5 Å². The zero-order valence-electron chi connectivity index (χ0n) is 25.5. The van der Waals surface area contributed by atoms with E-state index in [2.05, 4.69) is 0 Å². The fourth-order valence-corrected chi connectivity index (χ4v) is 8.38. The summed E-state index contributed by atoms with van der Waals surface area (Å²) in [4.78, 5) is 59.4. The Balaban J connectivity index is 1.30. The number of phenols is 1. The molecule has 3 aromatic carbocycles. The largest absolute Gasteiger partial charge is 0.508 e. The predicted octanol–water partition coefficient (Wildman–Crippen LogP) is 4.24. The van der Waals surface area contributed by atoms with Crippen molar-refractivity contribution in [1.82, 2.24) is 4.90 Å². The van der Waals surface area contributed by atoms with Gasteiger partial charge in [0.2, 0.25) is 23.6 Å². The Labute approximate surface area is 267 Å². The minimum absolute atomic E-state index is 0.0586. The van der Waals surface area contributed by atoms with E-state index < -0.39 is 35.0 Å². The number of anilines is 1. The summed E-state index contributed by atoms with van der Waals surface area (Å²) in [6.07, 6.45) is 3.12. The number of para-hydroxylation sites is 2. The molecule has 0 spiro atoms. The first-order valence-electron chi connectivity index (χ1n) is 15.8. The van der Waals surface area contributed by atoms with Crippen LogP contribution in [0.1, 0.15) is 36.8 Å². The number of carbonyl (C=O) groups excluding carboxylic acids is 4. The molecule has 0 bridgehead atoms. The monoisotopic (exact) mass is 620 g/mol. The second-order valence-electron chi connectivity index (χ2n) is 12.9. The van der Waals surface area contributed by atoms with Gasteiger partial charge in [-0.2, -0.15) is 0 Å². The number of aromatic hydroxyl groups is 1. The summed E-state index contributed by atoms with van der Waals surface area (Å²) in [6.45, 7) is 1.94. The highest BCUT2D eigenvalue weighted by Gasteiger charge is 2.67. The van der Waals surface area contributed by atoms with Gasteiger partial charge in [0, 0.05) is 18.0 Å². The van der Waals surface area contributed by atoms with E-state index in [1.54, 1.807) is 54.6 Å². The van der Waals surface area contributed by atoms with Crippen molar-refractivity contribution in [3.05, 3.63) is 102 Å². The lowest BCUT2D eigenvalue weighted by Gasteiger charge is -2.49. The minimum atomic E-state index is -1.18. The van der Waals surface area contributed by atoms with Crippen LogP contribution in [0.2, 0.25) is 0 Å². The third kappa shape index (κ3) is 4.55. The molecule has 4 amide bonds. The zero-order chi connectivity index (χ0) is 32.2. The van der Waals surface area contributed by atoms with Gasteiger partial charge in [0.15, 0.2) is 0 Å². The zero-order valence-corrected chi connectivity index (χ0v) is 25.5. The van der Waals surface area contributed by atoms with Crippen molar-refractivity contribution in [2.24, 2.45) is 29.1 Å². The fraction of sp³-hybridized carbons (Fsp3) is 0.351. The lowest BCUT2D eigenvalue weighted by atomic mass is 9.51. The van der Waals surface area contributed by atoms with Gasteiger partial charge in [0.25, 0.3) is 0 Å². The molecule has 46 heavy (non-hydrogen) atoms. The van der Waals surface area contributed by atoms with E-state index >= 15 is 0 Å². The number of aliphatic hydroxyl groups is 1. The van der Waals surface area contributed by atoms with Crippen LogP contribution in [0, 0.1) is 29.1 Å². The van der Waals surface area contributed by atoms with Crippen LogP contribution in [0.25, 0.3) is 0 Å². The maximum atomic E-state index is 14.5. The minimum Gasteiger partial charge on any atom is -0.508 e. The third-order valence-electron chi connectivity index (χ3n) is 10.5. The van der Waals surface area contributed by atoms with Gasteiger partial charge in [-0.1, -0.05) is 60.2 Å². The van der Waals surface area contributed by atoms with E-state index in [9.17, 15) is 29.4 Å². The first kappa shape index (κ1) is 29.9. The van der Waals surface area contributed by atoms with Crippen molar-refractivity contribution in [3.63, 3.8) is 0 Å². The second kappa shape index (κ2) is 11.6. The van der Waals surface area contributed by atoms with E-state index in [0.29, 0.717) is 24.3 Å². The van der Waals surface area contributed by atoms with E-state index in [1.165, 1.54) is 9.80 Å². The molecule has 6 unspecified atom stereocenters. The molecule has 0 radical (unpaired) electrons. The molecular formula is C37H36N2O7. The van der Waals surface area contributed by atoms with Gasteiger partial charge < -0.3 is 14.9 Å². The summed E-state index contributed by atoms with van der Waals surface area (Å²) < 4.78 is 5.98. The highest BCUT2D eigenvalue weighted by atomic mass is 16.5. The highest BCUT2D eigenvalue weighted by molar-refractivity contribution is 6.24. The van der Waals surface area contributed by atoms with Crippen LogP contribution >= 0.6 is 0 Å². The number of phenolic OH excluding ortho intramolecular Hbond substituents is 1. The van der Waals surface area contributed by atoms with Crippen LogP contribution in [0.3, 0.4) is 0 Å². The number of nitrogens with zero attached hydrogens (tertiary/aromatic N) is 2. The molecule has 6 atom stereocenters. The maximum Gasteiger partial charge on any atom is 0.241 e. The fourth-order valence-electron chi connectivity index (χ4n) is 8.38. The Morgan fingerprint density at radius 2 is 1.59 bits per heavy atom. The molecule has 0 aromatic heterocycles. The molecule has 3 fully saturated rings. The van der Waals surface area contributed by atoms with Gasteiger partial charge in [0.1, 0.15) is 18.1 Å². The standard InChI is InChI=1S/C37H36N2O7/c1-37-29(34(43)39(36(37)45)23-7-3-2-4-8-23)21-28-25(32(37)26-9-5-6-10-30(26)46-20-19-40)15-16-27-31(28)35(44)38(33(27)42)18-17-22-11-13-24(41)14-12-22/h2-15,27-29,31-32,40-41H,16-21H2,1H3. The van der Waals surface area contributed by atoms with Crippen molar-refractivity contribution >= 4 is 29.3 Å². The molecule has 236 valence electrons. The Hall–Kier alpha value is -4.76. The summed E-state index contributed by atoms with van der Waals surface area (Å²) >= 11 is 0. The average molecular weight is 621 g/mol. The Morgan fingerprint density at radius 3 is 2.33 bits per heavy atom. The van der Waals surface area contributed by atoms with Crippen molar-refractivity contribution in [2.45, 2.75) is 32.1 Å². The topological polar surface area (TPSA) is 124 Å². The number of hydrogen-bond donors (Lipinski definition) is 2. The van der Waals surface area contributed by atoms with Crippen LogP contribution in [0.5, 0.6) is 11.5 Å². The van der Waals surface area contributed by atoms with Crippen LogP contribution < -0.4 is 9.64 Å². The maximum absolute atomic E-state index is 14.5. The van der Waals surface area contributed by atoms with Crippen LogP contribution in [-0.2, 0) is 25.6 Å². The summed E-state index contributed by atoms with van der Waals surface area (Å²) in [5.74, 6) is -3.33. The molecule has 2 heterocycles. The van der Waals surface area contributed by atoms with Gasteiger partial charge in [-0.25, -0.2) is 4.90 Å². The number of likely N-dealkylation sites (tertiary alicyclic amines) is 1. The summed E-state index contributed by atoms with van der Waals surface area (Å²) in [6, 6.07) is 23.0. The third-order valence-corrected chi connectivity index (χ3v) is 10.5. The van der Waals surface area contributed by atoms with E-state index in [-0.39, 0.29) is 55.6 Å². The summed E-state index contributed by atoms with van der Waals surface area (Å²) in [5.41, 5.74) is 1.83. The number of amides is 4. The molecular weight excluding hydrogens is 584 g/mol. The van der Waals surface area contributed by atoms with Crippen LogP contribution in [0.4, 0.5) is 5.69 Å². The molecule has 2 aliphatic carbocycles. The molecule has 1 saturated carbocycles. The van der Waals surface area contributed by atoms with Crippen LogP contribution in [0.15, 0.2) is 90.5 Å². The van der Waals surface area contributed by atoms with E-state index in [4.69, 9.17) is 4.74 Å². The number of aliphatic hydroxyl groups excluding tert-OH is 1. The van der Waals surface area contributed by atoms with E-state index in [0.717, 1.165) is 16.7 Å². The lowest BCUT2D eigenvalue weighted by molar-refractivity contribution is -0.140. The second-order valence-corrected chi connectivity index (χ2v) is 12.9. The predicted molar refractivity (Wildman–Crippen MR) is 169 cm³/mol. The van der Waals surface area contributed by atoms with Crippen molar-refractivity contribution in [1.29, 1.82) is 0 Å². The molecule has 4 aliphatic rings. The molecule has 2 saturated heterocycles. The first-order valence-corrected chi connectivity index (χ1v) is 15.8. The molecule has 7 rings (SSSR count). The number of carbonyl (C=O) groups is 4. The highest BCUT2D eigenvalue weighted by Crippen LogP contribution is 2.64. The van der Waals surface area contributed by atoms with Gasteiger partial charge in [-0.3, -0.25) is 24.1 Å². The molecule has 2 aliphatic heterocycles. The Morgan fingerprint density at radius 1 is 0.870 bits per heavy atom. The Kier molecular flexibility index (Phi) is 7.51. The van der Waals surface area contributed by atoms with Gasteiger partial charge in [0.05, 0.1) is 35.5 Å². The lowest BCUT2D eigenvalue weighted by Crippen LogP contribution is -2.49. The number of imide groups is 2. The summed E-state index contributed by atoms with van der Waals surface area (Å²) in [5, 5.41) is 19.2. The number of rotatable bonds is 8. The quantitative estimate of drug-likeness (QED) is 0.285. The molecule has 3 aromatic rings. The van der Waals surface area contributed by atoms with Gasteiger partial charge in [-0.15, -0.1) is 0 Å². The van der Waals surface area contributed by atoms with Crippen molar-refractivity contribution < 1.29 is 34.1 Å². The number of allylic oxidation sites excluding steroid dienone is 2. The number of benzene rings is 3. The van der Waals surface area contributed by atoms with Gasteiger partial charge >= 0.3 is 0 Å². The number of ether oxygens (including phenoxy) is 1.